The number of benzene rings is 1. The SMILES string of the molecule is COc1ccnc(C(=O)NC2COCC(Cc3ccccc3)C(OCCC(C)OC)C(C)OC2=O)c1OCOC(C)=O. The molecule has 0 aliphatic carbocycles. The Morgan fingerprint density at radius 1 is 1.14 bits per heavy atom. The van der Waals surface area contributed by atoms with E-state index >= 15 is 0 Å². The molecule has 1 aliphatic rings. The summed E-state index contributed by atoms with van der Waals surface area (Å²) in [7, 11) is 3.03. The van der Waals surface area contributed by atoms with E-state index in [1.165, 1.54) is 26.3 Å². The molecular weight excluding hydrogens is 548 g/mol. The lowest BCUT2D eigenvalue weighted by Crippen LogP contribution is -2.46. The number of nitrogens with zero attached hydrogens (tertiary/aromatic N) is 1. The fourth-order valence-corrected chi connectivity index (χ4v) is 4.46. The average molecular weight is 589 g/mol. The first-order chi connectivity index (χ1) is 20.2. The zero-order valence-corrected chi connectivity index (χ0v) is 24.7. The van der Waals surface area contributed by atoms with E-state index in [1.807, 2.05) is 37.3 Å². The number of cyclic esters (lactones) is 1. The van der Waals surface area contributed by atoms with Gasteiger partial charge in [0.1, 0.15) is 6.10 Å². The Hall–Kier alpha value is -3.74. The molecular formula is C30H40N2O10. The minimum absolute atomic E-state index is 0.00993. The second-order valence-electron chi connectivity index (χ2n) is 9.91. The number of methoxy groups -OCH3 is 2. The Kier molecular flexibility index (Phi) is 13.0. The summed E-state index contributed by atoms with van der Waals surface area (Å²) in [5.41, 5.74) is 0.926. The van der Waals surface area contributed by atoms with Gasteiger partial charge in [0.05, 0.1) is 32.5 Å². The molecule has 1 aromatic heterocycles. The summed E-state index contributed by atoms with van der Waals surface area (Å²) in [4.78, 5) is 41.8. The van der Waals surface area contributed by atoms with Crippen LogP contribution in [0.15, 0.2) is 42.6 Å². The van der Waals surface area contributed by atoms with Crippen molar-refractivity contribution in [3.63, 3.8) is 0 Å². The molecule has 0 radical (unpaired) electrons. The fraction of sp³-hybridized carbons (Fsp3) is 0.533. The molecule has 12 heteroatoms. The van der Waals surface area contributed by atoms with Crippen molar-refractivity contribution in [3.8, 4) is 11.5 Å². The lowest BCUT2D eigenvalue weighted by atomic mass is 9.91. The van der Waals surface area contributed by atoms with Gasteiger partial charge in [-0.1, -0.05) is 30.3 Å². The molecule has 0 spiro atoms. The highest BCUT2D eigenvalue weighted by atomic mass is 16.7. The lowest BCUT2D eigenvalue weighted by molar-refractivity contribution is -0.160. The van der Waals surface area contributed by atoms with Gasteiger partial charge in [-0.3, -0.25) is 9.59 Å². The topological polar surface area (TPSA) is 141 Å². The van der Waals surface area contributed by atoms with Gasteiger partial charge in [-0.15, -0.1) is 0 Å². The number of ether oxygens (including phenoxy) is 7. The molecule has 2 aromatic rings. The smallest absolute Gasteiger partial charge is 0.331 e. The van der Waals surface area contributed by atoms with Gasteiger partial charge in [0.25, 0.3) is 5.91 Å². The third kappa shape index (κ3) is 9.68. The van der Waals surface area contributed by atoms with E-state index in [9.17, 15) is 14.4 Å². The second kappa shape index (κ2) is 16.6. The normalized spacial score (nSPS) is 21.6. The van der Waals surface area contributed by atoms with Crippen LogP contribution >= 0.6 is 0 Å². The largest absolute Gasteiger partial charge is 0.493 e. The van der Waals surface area contributed by atoms with Crippen molar-refractivity contribution >= 4 is 17.8 Å². The zero-order valence-electron chi connectivity index (χ0n) is 24.7. The molecule has 1 amide bonds. The number of amides is 1. The predicted molar refractivity (Wildman–Crippen MR) is 150 cm³/mol. The summed E-state index contributed by atoms with van der Waals surface area (Å²) >= 11 is 0. The first kappa shape index (κ1) is 32.8. The number of hydrogen-bond donors (Lipinski definition) is 1. The van der Waals surface area contributed by atoms with Crippen molar-refractivity contribution in [1.29, 1.82) is 0 Å². The third-order valence-corrected chi connectivity index (χ3v) is 6.78. The van der Waals surface area contributed by atoms with Crippen molar-refractivity contribution in [2.45, 2.75) is 58.0 Å². The van der Waals surface area contributed by atoms with Gasteiger partial charge in [0.2, 0.25) is 6.79 Å². The van der Waals surface area contributed by atoms with Crippen LogP contribution in [0, 0.1) is 5.92 Å². The number of pyridine rings is 1. The van der Waals surface area contributed by atoms with Crippen LogP contribution < -0.4 is 14.8 Å². The number of aromatic nitrogens is 1. The fourth-order valence-electron chi connectivity index (χ4n) is 4.46. The number of esters is 2. The first-order valence-electron chi connectivity index (χ1n) is 13.8. The first-order valence-corrected chi connectivity index (χ1v) is 13.8. The van der Waals surface area contributed by atoms with Crippen LogP contribution in [0.5, 0.6) is 11.5 Å². The Balaban J connectivity index is 1.78. The van der Waals surface area contributed by atoms with E-state index in [4.69, 9.17) is 33.2 Å². The number of hydrogen-bond acceptors (Lipinski definition) is 11. The monoisotopic (exact) mass is 588 g/mol. The van der Waals surface area contributed by atoms with Gasteiger partial charge < -0.3 is 38.5 Å². The predicted octanol–water partition coefficient (Wildman–Crippen LogP) is 2.72. The second-order valence-corrected chi connectivity index (χ2v) is 9.91. The maximum absolute atomic E-state index is 13.3. The highest BCUT2D eigenvalue weighted by Crippen LogP contribution is 2.30. The van der Waals surface area contributed by atoms with Crippen molar-refractivity contribution < 1.29 is 47.5 Å². The summed E-state index contributed by atoms with van der Waals surface area (Å²) in [6, 6.07) is 10.3. The third-order valence-electron chi connectivity index (χ3n) is 6.78. The molecule has 0 bridgehead atoms. The van der Waals surface area contributed by atoms with Crippen LogP contribution in [0.1, 0.15) is 43.2 Å². The minimum Gasteiger partial charge on any atom is -0.493 e. The van der Waals surface area contributed by atoms with E-state index in [-0.39, 0.29) is 42.4 Å². The molecule has 42 heavy (non-hydrogen) atoms. The molecule has 230 valence electrons. The number of rotatable bonds is 13. The van der Waals surface area contributed by atoms with Gasteiger partial charge in [-0.2, -0.15) is 0 Å². The average Bonchev–Trinajstić information content (AvgIpc) is 3.02. The van der Waals surface area contributed by atoms with Crippen LogP contribution in [0.4, 0.5) is 0 Å². The maximum Gasteiger partial charge on any atom is 0.331 e. The Morgan fingerprint density at radius 2 is 1.90 bits per heavy atom. The maximum atomic E-state index is 13.3. The molecule has 1 fully saturated rings. The van der Waals surface area contributed by atoms with Gasteiger partial charge in [0, 0.05) is 38.8 Å². The summed E-state index contributed by atoms with van der Waals surface area (Å²) in [5, 5.41) is 2.64. The number of nitrogens with one attached hydrogen (secondary N) is 1. The van der Waals surface area contributed by atoms with E-state index in [1.54, 1.807) is 14.0 Å². The van der Waals surface area contributed by atoms with Crippen LogP contribution in [0.25, 0.3) is 0 Å². The van der Waals surface area contributed by atoms with E-state index in [0.29, 0.717) is 19.4 Å². The van der Waals surface area contributed by atoms with Crippen molar-refractivity contribution in [2.24, 2.45) is 5.92 Å². The number of carbonyl (C=O) groups excluding carboxylic acids is 3. The van der Waals surface area contributed by atoms with Gasteiger partial charge in [0.15, 0.2) is 23.2 Å². The van der Waals surface area contributed by atoms with Crippen LogP contribution in [0.2, 0.25) is 0 Å². The highest BCUT2D eigenvalue weighted by molar-refractivity contribution is 5.98. The quantitative estimate of drug-likeness (QED) is 0.273. The molecule has 12 nitrogen and oxygen atoms in total. The summed E-state index contributed by atoms with van der Waals surface area (Å²) in [6.45, 7) is 5.03. The Morgan fingerprint density at radius 3 is 2.60 bits per heavy atom. The summed E-state index contributed by atoms with van der Waals surface area (Å²) < 4.78 is 39.0. The lowest BCUT2D eigenvalue weighted by Gasteiger charge is -2.31. The van der Waals surface area contributed by atoms with Gasteiger partial charge >= 0.3 is 11.9 Å². The summed E-state index contributed by atoms with van der Waals surface area (Å²) in [5.74, 6) is -1.97. The standard InChI is InChI=1S/C30H40N2O10/c1-19(36-4)12-14-39-27-20(2)42-30(35)24(17-38-16-23(27)15-22-9-7-6-8-10-22)32-29(34)26-28(41-18-40-21(3)33)25(37-5)11-13-31-26/h6-11,13,19-20,23-24,27H,12,14-18H2,1-5H3,(H,32,34). The van der Waals surface area contributed by atoms with Gasteiger partial charge in [-0.25, -0.2) is 9.78 Å². The molecule has 1 aliphatic heterocycles. The Bertz CT molecular complexity index is 1160. The van der Waals surface area contributed by atoms with Crippen molar-refractivity contribution in [3.05, 3.63) is 53.9 Å². The van der Waals surface area contributed by atoms with Gasteiger partial charge in [-0.05, 0) is 32.3 Å². The molecule has 1 aromatic carbocycles. The molecule has 1 saturated heterocycles. The zero-order chi connectivity index (χ0) is 30.5. The molecule has 5 unspecified atom stereocenters. The molecule has 5 atom stereocenters. The van der Waals surface area contributed by atoms with Crippen molar-refractivity contribution in [2.75, 3.05) is 40.8 Å². The van der Waals surface area contributed by atoms with Crippen LogP contribution in [-0.2, 0) is 39.7 Å². The Labute approximate surface area is 245 Å². The summed E-state index contributed by atoms with van der Waals surface area (Å²) in [6.07, 6.45) is 1.57. The molecule has 1 N–H and O–H groups in total. The van der Waals surface area contributed by atoms with E-state index < -0.39 is 42.9 Å². The molecule has 2 heterocycles. The van der Waals surface area contributed by atoms with Crippen LogP contribution in [0.3, 0.4) is 0 Å². The molecule has 3 rings (SSSR count). The van der Waals surface area contributed by atoms with E-state index in [2.05, 4.69) is 10.3 Å². The molecule has 0 saturated carbocycles. The number of carbonyl (C=O) groups is 3. The van der Waals surface area contributed by atoms with Crippen LogP contribution in [-0.4, -0.2) is 88.0 Å². The van der Waals surface area contributed by atoms with Crippen molar-refractivity contribution in [1.82, 2.24) is 10.3 Å². The highest BCUT2D eigenvalue weighted by Gasteiger charge is 2.36. The minimum atomic E-state index is -1.14. The van der Waals surface area contributed by atoms with E-state index in [0.717, 1.165) is 5.56 Å².